The molecule has 0 aliphatic carbocycles. The normalized spacial score (nSPS) is 21.3. The number of carbonyl (C=O) groups excluding carboxylic acids is 2. The van der Waals surface area contributed by atoms with E-state index in [1.165, 1.54) is 62.9 Å². The van der Waals surface area contributed by atoms with Gasteiger partial charge in [-0.3, -0.25) is 14.5 Å². The van der Waals surface area contributed by atoms with E-state index in [4.69, 9.17) is 0 Å². The maximum Gasteiger partial charge on any atom is 0.255 e. The average molecular weight is 475 g/mol. The molecule has 3 aliphatic rings. The molecule has 0 saturated carbocycles. The van der Waals surface area contributed by atoms with E-state index >= 15 is 0 Å². The van der Waals surface area contributed by atoms with Crippen LogP contribution in [-0.4, -0.2) is 60.9 Å². The number of benzene rings is 2. The highest BCUT2D eigenvalue weighted by Crippen LogP contribution is 2.30. The molecule has 2 saturated heterocycles. The van der Waals surface area contributed by atoms with Crippen LogP contribution >= 0.6 is 0 Å². The molecule has 5 rings (SSSR count). The number of likely N-dealkylation sites (tertiary alicyclic amines) is 2. The molecule has 6 heteroatoms. The molecule has 2 aromatic rings. The zero-order valence-corrected chi connectivity index (χ0v) is 21.2. The molecule has 35 heavy (non-hydrogen) atoms. The van der Waals surface area contributed by atoms with E-state index < -0.39 is 0 Å². The topological polar surface area (TPSA) is 55.9 Å². The quantitative estimate of drug-likeness (QED) is 0.665. The molecule has 0 bridgehead atoms. The van der Waals surface area contributed by atoms with E-state index in [1.54, 1.807) is 11.9 Å². The lowest BCUT2D eigenvalue weighted by Crippen LogP contribution is -2.42. The molecule has 3 aliphatic heterocycles. The Morgan fingerprint density at radius 2 is 1.83 bits per heavy atom. The Bertz CT molecular complexity index is 1090. The zero-order chi connectivity index (χ0) is 24.4. The van der Waals surface area contributed by atoms with E-state index in [2.05, 4.69) is 34.2 Å². The summed E-state index contributed by atoms with van der Waals surface area (Å²) in [6.07, 6.45) is 7.86. The zero-order valence-electron chi connectivity index (χ0n) is 21.2. The van der Waals surface area contributed by atoms with Gasteiger partial charge in [0.15, 0.2) is 0 Å². The second kappa shape index (κ2) is 10.5. The van der Waals surface area contributed by atoms with Gasteiger partial charge in [0.2, 0.25) is 5.91 Å². The highest BCUT2D eigenvalue weighted by atomic mass is 16.2. The van der Waals surface area contributed by atoms with Gasteiger partial charge in [0.25, 0.3) is 5.91 Å². The van der Waals surface area contributed by atoms with Gasteiger partial charge in [0.1, 0.15) is 0 Å². The van der Waals surface area contributed by atoms with Gasteiger partial charge in [-0.2, -0.15) is 0 Å². The fraction of sp³-hybridized carbons (Fsp3) is 0.517. The Kier molecular flexibility index (Phi) is 7.21. The number of piperidine rings is 1. The minimum atomic E-state index is -0.109. The molecule has 3 heterocycles. The monoisotopic (exact) mass is 474 g/mol. The second-order valence-electron chi connectivity index (χ2n) is 10.5. The minimum absolute atomic E-state index is 0.109. The highest BCUT2D eigenvalue weighted by Gasteiger charge is 2.27. The molecule has 1 N–H and O–H groups in total. The Morgan fingerprint density at radius 3 is 2.66 bits per heavy atom. The number of nitrogens with zero attached hydrogens (tertiary/aromatic N) is 3. The number of amides is 2. The third kappa shape index (κ3) is 5.44. The SMILES string of the molecule is Cc1ccc(C(=O)Nc2ccc3c(c2)N(C)C(=O)CC3)cc1CN1CCCC1CN1CCCCC1. The summed E-state index contributed by atoms with van der Waals surface area (Å²) in [6.45, 7) is 7.84. The first-order chi connectivity index (χ1) is 17.0. The smallest absolute Gasteiger partial charge is 0.255 e. The number of fused-ring (bicyclic) bond motifs is 1. The van der Waals surface area contributed by atoms with Crippen molar-refractivity contribution in [3.8, 4) is 0 Å². The van der Waals surface area contributed by atoms with Crippen LogP contribution in [0.5, 0.6) is 0 Å². The number of hydrogen-bond acceptors (Lipinski definition) is 4. The number of rotatable bonds is 6. The van der Waals surface area contributed by atoms with Crippen molar-refractivity contribution in [3.05, 3.63) is 58.7 Å². The van der Waals surface area contributed by atoms with Crippen LogP contribution in [0.4, 0.5) is 11.4 Å². The fourth-order valence-electron chi connectivity index (χ4n) is 5.86. The first-order valence-electron chi connectivity index (χ1n) is 13.2. The van der Waals surface area contributed by atoms with Crippen LogP contribution in [0.1, 0.15) is 65.6 Å². The summed E-state index contributed by atoms with van der Waals surface area (Å²) in [5.41, 5.74) is 5.90. The fourth-order valence-corrected chi connectivity index (χ4v) is 5.86. The molecular formula is C29H38N4O2. The Hall–Kier alpha value is -2.70. The molecule has 0 aromatic heterocycles. The second-order valence-corrected chi connectivity index (χ2v) is 10.5. The molecule has 186 valence electrons. The van der Waals surface area contributed by atoms with Crippen molar-refractivity contribution in [1.82, 2.24) is 9.80 Å². The van der Waals surface area contributed by atoms with Gasteiger partial charge in [0, 0.05) is 49.5 Å². The first kappa shape index (κ1) is 24.0. The van der Waals surface area contributed by atoms with Gasteiger partial charge in [-0.25, -0.2) is 0 Å². The van der Waals surface area contributed by atoms with Gasteiger partial charge in [0.05, 0.1) is 0 Å². The van der Waals surface area contributed by atoms with Crippen molar-refractivity contribution in [2.75, 3.05) is 43.4 Å². The molecule has 6 nitrogen and oxygen atoms in total. The molecule has 2 aromatic carbocycles. The van der Waals surface area contributed by atoms with E-state index in [9.17, 15) is 9.59 Å². The average Bonchev–Trinajstić information content (AvgIpc) is 3.30. The lowest BCUT2D eigenvalue weighted by Gasteiger charge is -2.33. The molecule has 2 amide bonds. The van der Waals surface area contributed by atoms with Crippen molar-refractivity contribution < 1.29 is 9.59 Å². The first-order valence-corrected chi connectivity index (χ1v) is 13.2. The minimum Gasteiger partial charge on any atom is -0.322 e. The predicted molar refractivity (Wildman–Crippen MR) is 141 cm³/mol. The molecule has 2 fully saturated rings. The van der Waals surface area contributed by atoms with Gasteiger partial charge in [-0.15, -0.1) is 0 Å². The Labute approximate surface area is 209 Å². The molecule has 1 atom stereocenters. The van der Waals surface area contributed by atoms with Crippen molar-refractivity contribution in [2.24, 2.45) is 0 Å². The van der Waals surface area contributed by atoms with Crippen LogP contribution < -0.4 is 10.2 Å². The van der Waals surface area contributed by atoms with E-state index in [0.717, 1.165) is 36.4 Å². The summed E-state index contributed by atoms with van der Waals surface area (Å²) in [4.78, 5) is 32.2. The van der Waals surface area contributed by atoms with Crippen molar-refractivity contribution in [3.63, 3.8) is 0 Å². The predicted octanol–water partition coefficient (Wildman–Crippen LogP) is 4.61. The maximum atomic E-state index is 13.1. The molecule has 0 spiro atoms. The number of nitrogens with one attached hydrogen (secondary N) is 1. The van der Waals surface area contributed by atoms with Crippen molar-refractivity contribution >= 4 is 23.2 Å². The van der Waals surface area contributed by atoms with Crippen molar-refractivity contribution in [1.29, 1.82) is 0 Å². The summed E-state index contributed by atoms with van der Waals surface area (Å²) in [5, 5.41) is 3.05. The molecule has 1 unspecified atom stereocenters. The lowest BCUT2D eigenvalue weighted by atomic mass is 10.0. The number of carbonyl (C=O) groups is 2. The third-order valence-electron chi connectivity index (χ3n) is 8.09. The third-order valence-corrected chi connectivity index (χ3v) is 8.09. The molecule has 0 radical (unpaired) electrons. The van der Waals surface area contributed by atoms with Crippen LogP contribution in [0.25, 0.3) is 0 Å². The van der Waals surface area contributed by atoms with Crippen LogP contribution in [-0.2, 0) is 17.8 Å². The molecular weight excluding hydrogens is 436 g/mol. The standard InChI is InChI=1S/C29H38N4O2/c1-21-8-9-23(29(35)30-25-12-10-22-11-13-28(34)31(2)27(22)18-25)17-24(21)19-33-16-6-7-26(33)20-32-14-4-3-5-15-32/h8-10,12,17-18,26H,3-7,11,13-16,19-20H2,1-2H3,(H,30,35). The van der Waals surface area contributed by atoms with E-state index in [-0.39, 0.29) is 11.8 Å². The van der Waals surface area contributed by atoms with Crippen LogP contribution in [0.3, 0.4) is 0 Å². The van der Waals surface area contributed by atoms with E-state index in [0.29, 0.717) is 18.0 Å². The largest absolute Gasteiger partial charge is 0.322 e. The highest BCUT2D eigenvalue weighted by molar-refractivity contribution is 6.05. The maximum absolute atomic E-state index is 13.1. The summed E-state index contributed by atoms with van der Waals surface area (Å²) >= 11 is 0. The van der Waals surface area contributed by atoms with Crippen LogP contribution in [0.15, 0.2) is 36.4 Å². The van der Waals surface area contributed by atoms with Crippen molar-refractivity contribution in [2.45, 2.75) is 64.5 Å². The van der Waals surface area contributed by atoms with Crippen LogP contribution in [0.2, 0.25) is 0 Å². The Balaban J connectivity index is 1.27. The van der Waals surface area contributed by atoms with E-state index in [1.807, 2.05) is 24.3 Å². The number of hydrogen-bond donors (Lipinski definition) is 1. The van der Waals surface area contributed by atoms with Gasteiger partial charge >= 0.3 is 0 Å². The van der Waals surface area contributed by atoms with Crippen LogP contribution in [0, 0.1) is 6.92 Å². The summed E-state index contributed by atoms with van der Waals surface area (Å²) in [5.74, 6) is 0.00642. The number of anilines is 2. The van der Waals surface area contributed by atoms with Gasteiger partial charge in [-0.05, 0) is 99.6 Å². The summed E-state index contributed by atoms with van der Waals surface area (Å²) < 4.78 is 0. The van der Waals surface area contributed by atoms with Gasteiger partial charge < -0.3 is 15.1 Å². The summed E-state index contributed by atoms with van der Waals surface area (Å²) in [6, 6.07) is 12.5. The summed E-state index contributed by atoms with van der Waals surface area (Å²) in [7, 11) is 1.80. The number of aryl methyl sites for hydroxylation is 2. The lowest BCUT2D eigenvalue weighted by molar-refractivity contribution is -0.118. The van der Waals surface area contributed by atoms with Gasteiger partial charge in [-0.1, -0.05) is 18.6 Å². The Morgan fingerprint density at radius 1 is 1.00 bits per heavy atom.